The Balaban J connectivity index is 1.76. The number of aromatic amines is 1. The van der Waals surface area contributed by atoms with Crippen molar-refractivity contribution in [3.8, 4) is 0 Å². The van der Waals surface area contributed by atoms with Gasteiger partial charge in [-0.15, -0.1) is 0 Å². The van der Waals surface area contributed by atoms with Crippen molar-refractivity contribution in [1.29, 1.82) is 0 Å². The molecule has 1 atom stereocenters. The first-order valence-electron chi connectivity index (χ1n) is 7.29. The molecule has 0 saturated carbocycles. The number of carbonyl (C=O) groups excluding carboxylic acids is 2. The molecule has 1 aromatic rings. The molecule has 0 aromatic carbocycles. The van der Waals surface area contributed by atoms with E-state index in [0.29, 0.717) is 18.7 Å². The van der Waals surface area contributed by atoms with Gasteiger partial charge in [0.15, 0.2) is 0 Å². The van der Waals surface area contributed by atoms with Crippen LogP contribution in [0.5, 0.6) is 0 Å². The number of amides is 2. The number of likely N-dealkylation sites (N-methyl/N-ethyl adjacent to an activating group) is 1. The fourth-order valence-corrected chi connectivity index (χ4v) is 2.54. The number of H-pyrrole nitrogens is 1. The molecule has 1 aromatic heterocycles. The predicted octanol–water partition coefficient (Wildman–Crippen LogP) is 0.0822. The third-order valence-electron chi connectivity index (χ3n) is 3.75. The second kappa shape index (κ2) is 7.21. The highest BCUT2D eigenvalue weighted by Gasteiger charge is 2.30. The van der Waals surface area contributed by atoms with Crippen molar-refractivity contribution in [3.63, 3.8) is 0 Å². The average Bonchev–Trinajstić information content (AvgIpc) is 3.07. The van der Waals surface area contributed by atoms with Gasteiger partial charge in [-0.3, -0.25) is 14.7 Å². The maximum absolute atomic E-state index is 11.9. The first kappa shape index (κ1) is 15.5. The summed E-state index contributed by atoms with van der Waals surface area (Å²) in [6.45, 7) is 2.18. The molecular weight excluding hydrogens is 270 g/mol. The van der Waals surface area contributed by atoms with Gasteiger partial charge in [-0.1, -0.05) is 0 Å². The summed E-state index contributed by atoms with van der Waals surface area (Å²) in [6.07, 6.45) is 3.84. The van der Waals surface area contributed by atoms with Crippen molar-refractivity contribution in [1.82, 2.24) is 25.3 Å². The van der Waals surface area contributed by atoms with Crippen molar-refractivity contribution in [2.75, 3.05) is 33.7 Å². The van der Waals surface area contributed by atoms with E-state index >= 15 is 0 Å². The third-order valence-corrected chi connectivity index (χ3v) is 3.75. The van der Waals surface area contributed by atoms with E-state index in [0.717, 1.165) is 25.9 Å². The average molecular weight is 293 g/mol. The van der Waals surface area contributed by atoms with E-state index in [2.05, 4.69) is 20.4 Å². The zero-order chi connectivity index (χ0) is 15.2. The van der Waals surface area contributed by atoms with Crippen molar-refractivity contribution >= 4 is 11.8 Å². The molecule has 116 valence electrons. The zero-order valence-corrected chi connectivity index (χ0v) is 12.6. The van der Waals surface area contributed by atoms with Gasteiger partial charge in [0, 0.05) is 38.3 Å². The van der Waals surface area contributed by atoms with Gasteiger partial charge in [-0.25, -0.2) is 0 Å². The van der Waals surface area contributed by atoms with Crippen LogP contribution in [0.2, 0.25) is 0 Å². The fourth-order valence-electron chi connectivity index (χ4n) is 2.54. The summed E-state index contributed by atoms with van der Waals surface area (Å²) in [4.78, 5) is 27.7. The molecule has 7 nitrogen and oxygen atoms in total. The van der Waals surface area contributed by atoms with Gasteiger partial charge in [0.2, 0.25) is 5.91 Å². The smallest absolute Gasteiger partial charge is 0.269 e. The summed E-state index contributed by atoms with van der Waals surface area (Å²) >= 11 is 0. The summed E-state index contributed by atoms with van der Waals surface area (Å²) in [5, 5.41) is 9.23. The minimum atomic E-state index is -0.156. The lowest BCUT2D eigenvalue weighted by atomic mass is 10.1. The highest BCUT2D eigenvalue weighted by Crippen LogP contribution is 2.20. The maximum atomic E-state index is 11.9. The number of hydrogen-bond donors (Lipinski definition) is 2. The van der Waals surface area contributed by atoms with E-state index in [1.807, 2.05) is 19.0 Å². The lowest BCUT2D eigenvalue weighted by Crippen LogP contribution is -2.40. The number of hydrogen-bond acceptors (Lipinski definition) is 4. The van der Waals surface area contributed by atoms with Crippen molar-refractivity contribution < 1.29 is 9.59 Å². The van der Waals surface area contributed by atoms with Gasteiger partial charge >= 0.3 is 0 Å². The number of aromatic nitrogens is 2. The van der Waals surface area contributed by atoms with Crippen LogP contribution in [0, 0.1) is 0 Å². The molecule has 0 radical (unpaired) electrons. The van der Waals surface area contributed by atoms with Crippen molar-refractivity contribution in [2.45, 2.75) is 25.3 Å². The van der Waals surface area contributed by atoms with Gasteiger partial charge in [-0.2, -0.15) is 5.10 Å². The lowest BCUT2D eigenvalue weighted by Gasteiger charge is -2.26. The molecule has 21 heavy (non-hydrogen) atoms. The molecule has 2 rings (SSSR count). The number of nitrogens with one attached hydrogen (secondary N) is 2. The summed E-state index contributed by atoms with van der Waals surface area (Å²) in [6, 6.07) is 1.87. The zero-order valence-electron chi connectivity index (χ0n) is 12.6. The highest BCUT2D eigenvalue weighted by atomic mass is 16.2. The maximum Gasteiger partial charge on any atom is 0.269 e. The van der Waals surface area contributed by atoms with Crippen LogP contribution in [0.1, 0.15) is 29.8 Å². The van der Waals surface area contributed by atoms with Gasteiger partial charge < -0.3 is 15.1 Å². The quantitative estimate of drug-likeness (QED) is 0.746. The summed E-state index contributed by atoms with van der Waals surface area (Å²) in [5.41, 5.74) is 0.460. The number of likely N-dealkylation sites (tertiary alicyclic amines) is 1. The summed E-state index contributed by atoms with van der Waals surface area (Å²) < 4.78 is 0. The molecule has 2 N–H and O–H groups in total. The van der Waals surface area contributed by atoms with Crippen molar-refractivity contribution in [3.05, 3.63) is 18.0 Å². The molecule has 0 aliphatic carbocycles. The Morgan fingerprint density at radius 2 is 2.38 bits per heavy atom. The number of nitrogens with zero attached hydrogens (tertiary/aromatic N) is 3. The van der Waals surface area contributed by atoms with E-state index in [9.17, 15) is 9.59 Å². The van der Waals surface area contributed by atoms with E-state index in [4.69, 9.17) is 0 Å². The van der Waals surface area contributed by atoms with Crippen LogP contribution in [-0.2, 0) is 4.79 Å². The topological polar surface area (TPSA) is 81.3 Å². The van der Waals surface area contributed by atoms with E-state index in [1.54, 1.807) is 12.3 Å². The SMILES string of the molecule is CN(C)CCN1C(=O)CC[C@H]1CCNC(=O)c1ccn[nH]1. The number of rotatable bonds is 7. The van der Waals surface area contributed by atoms with Gasteiger partial charge in [-0.05, 0) is 33.0 Å². The van der Waals surface area contributed by atoms with E-state index < -0.39 is 0 Å². The van der Waals surface area contributed by atoms with Gasteiger partial charge in [0.1, 0.15) is 5.69 Å². The van der Waals surface area contributed by atoms with Crippen LogP contribution in [0.25, 0.3) is 0 Å². The molecular formula is C14H23N5O2. The van der Waals surface area contributed by atoms with Crippen LogP contribution in [0.15, 0.2) is 12.3 Å². The van der Waals surface area contributed by atoms with Crippen LogP contribution in [0.4, 0.5) is 0 Å². The minimum Gasteiger partial charge on any atom is -0.351 e. The Bertz CT molecular complexity index is 472. The molecule has 1 fully saturated rings. The lowest BCUT2D eigenvalue weighted by molar-refractivity contribution is -0.129. The normalized spacial score (nSPS) is 18.5. The Morgan fingerprint density at radius 3 is 3.05 bits per heavy atom. The first-order chi connectivity index (χ1) is 10.1. The molecule has 1 aliphatic rings. The van der Waals surface area contributed by atoms with Crippen LogP contribution in [-0.4, -0.2) is 71.6 Å². The molecule has 0 spiro atoms. The van der Waals surface area contributed by atoms with Gasteiger partial charge in [0.25, 0.3) is 5.91 Å². The summed E-state index contributed by atoms with van der Waals surface area (Å²) in [5.74, 6) is 0.0680. The Morgan fingerprint density at radius 1 is 1.57 bits per heavy atom. The van der Waals surface area contributed by atoms with Crippen molar-refractivity contribution in [2.24, 2.45) is 0 Å². The third kappa shape index (κ3) is 4.29. The van der Waals surface area contributed by atoms with Crippen LogP contribution >= 0.6 is 0 Å². The largest absolute Gasteiger partial charge is 0.351 e. The second-order valence-electron chi connectivity index (χ2n) is 5.60. The predicted molar refractivity (Wildman–Crippen MR) is 78.8 cm³/mol. The molecule has 0 unspecified atom stereocenters. The Labute approximate surface area is 124 Å². The minimum absolute atomic E-state index is 0.156. The van der Waals surface area contributed by atoms with E-state index in [-0.39, 0.29) is 17.9 Å². The number of carbonyl (C=O) groups is 2. The molecule has 1 saturated heterocycles. The molecule has 1 aliphatic heterocycles. The van der Waals surface area contributed by atoms with Crippen LogP contribution in [0.3, 0.4) is 0 Å². The van der Waals surface area contributed by atoms with E-state index in [1.165, 1.54) is 0 Å². The summed E-state index contributed by atoms with van der Waals surface area (Å²) in [7, 11) is 4.00. The van der Waals surface area contributed by atoms with Gasteiger partial charge in [0.05, 0.1) is 0 Å². The first-order valence-corrected chi connectivity index (χ1v) is 7.29. The highest BCUT2D eigenvalue weighted by molar-refractivity contribution is 5.92. The molecule has 7 heteroatoms. The monoisotopic (exact) mass is 293 g/mol. The van der Waals surface area contributed by atoms with Crippen LogP contribution < -0.4 is 5.32 Å². The Hall–Kier alpha value is -1.89. The standard InChI is InChI=1S/C14H23N5O2/c1-18(2)9-10-19-11(3-4-13(19)20)5-7-15-14(21)12-6-8-16-17-12/h6,8,11H,3-5,7,9-10H2,1-2H3,(H,15,21)(H,16,17)/t11-/m0/s1. The molecule has 2 amide bonds. The molecule has 0 bridgehead atoms. The molecule has 2 heterocycles. The fraction of sp³-hybridized carbons (Fsp3) is 0.643. The Kier molecular flexibility index (Phi) is 5.32. The second-order valence-corrected chi connectivity index (χ2v) is 5.60.